The van der Waals surface area contributed by atoms with Crippen molar-refractivity contribution in [2.75, 3.05) is 25.9 Å². The Bertz CT molecular complexity index is 273. The van der Waals surface area contributed by atoms with Gasteiger partial charge in [-0.3, -0.25) is 4.90 Å². The largest absolute Gasteiger partial charge is 0.311 e. The van der Waals surface area contributed by atoms with Crippen LogP contribution in [0.25, 0.3) is 0 Å². The van der Waals surface area contributed by atoms with Gasteiger partial charge in [-0.05, 0) is 30.9 Å². The van der Waals surface area contributed by atoms with Gasteiger partial charge in [-0.1, -0.05) is 41.5 Å². The van der Waals surface area contributed by atoms with Crippen LogP contribution in [0.2, 0.25) is 0 Å². The van der Waals surface area contributed by atoms with Crippen molar-refractivity contribution >= 4 is 11.8 Å². The van der Waals surface area contributed by atoms with E-state index < -0.39 is 0 Å². The lowest BCUT2D eigenvalue weighted by molar-refractivity contribution is 0.0738. The highest BCUT2D eigenvalue weighted by Crippen LogP contribution is 2.34. The van der Waals surface area contributed by atoms with Gasteiger partial charge in [0.1, 0.15) is 0 Å². The second-order valence-electron chi connectivity index (χ2n) is 7.41. The summed E-state index contributed by atoms with van der Waals surface area (Å²) >= 11 is 2.07. The van der Waals surface area contributed by atoms with Crippen molar-refractivity contribution in [3.05, 3.63) is 0 Å². The minimum absolute atomic E-state index is 0.345. The van der Waals surface area contributed by atoms with Gasteiger partial charge in [0.15, 0.2) is 0 Å². The molecule has 0 radical (unpaired) electrons. The number of nitrogens with zero attached hydrogens (tertiary/aromatic N) is 1. The van der Waals surface area contributed by atoms with Crippen molar-refractivity contribution in [3.8, 4) is 0 Å². The standard InChI is InChI=1S/C17H36N2S/c1-8-14-11-18-15(16(4,5)6)12-19(14)13-17(9-2,10-3)20-7/h14-15,18H,8-13H2,1-7H3. The van der Waals surface area contributed by atoms with Crippen molar-refractivity contribution in [1.82, 2.24) is 10.2 Å². The SMILES string of the molecule is CCC1CNC(C(C)(C)C)CN1CC(CC)(CC)SC. The van der Waals surface area contributed by atoms with E-state index in [9.17, 15) is 0 Å². The highest BCUT2D eigenvalue weighted by atomic mass is 32.2. The lowest BCUT2D eigenvalue weighted by Gasteiger charge is -2.48. The molecule has 3 heteroatoms. The Morgan fingerprint density at radius 1 is 1.15 bits per heavy atom. The van der Waals surface area contributed by atoms with E-state index in [2.05, 4.69) is 69.8 Å². The molecule has 0 aromatic rings. The van der Waals surface area contributed by atoms with Crippen LogP contribution in [0, 0.1) is 5.41 Å². The molecule has 0 spiro atoms. The maximum absolute atomic E-state index is 3.78. The number of thioether (sulfide) groups is 1. The molecule has 120 valence electrons. The summed E-state index contributed by atoms with van der Waals surface area (Å²) in [5, 5.41) is 3.78. The van der Waals surface area contributed by atoms with Crippen molar-refractivity contribution in [2.45, 2.75) is 77.6 Å². The predicted molar refractivity (Wildman–Crippen MR) is 93.7 cm³/mol. The van der Waals surface area contributed by atoms with Gasteiger partial charge in [0.2, 0.25) is 0 Å². The third-order valence-corrected chi connectivity index (χ3v) is 6.84. The van der Waals surface area contributed by atoms with Crippen LogP contribution >= 0.6 is 11.8 Å². The first-order valence-electron chi connectivity index (χ1n) is 8.34. The van der Waals surface area contributed by atoms with Crippen LogP contribution in [-0.2, 0) is 0 Å². The number of hydrogen-bond acceptors (Lipinski definition) is 3. The summed E-state index contributed by atoms with van der Waals surface area (Å²) in [6.07, 6.45) is 6.08. The second kappa shape index (κ2) is 7.51. The van der Waals surface area contributed by atoms with E-state index in [1.165, 1.54) is 32.4 Å². The summed E-state index contributed by atoms with van der Waals surface area (Å²) in [4.78, 5) is 2.77. The Labute approximate surface area is 131 Å². The fourth-order valence-corrected chi connectivity index (χ4v) is 4.10. The van der Waals surface area contributed by atoms with Crippen LogP contribution in [0.4, 0.5) is 0 Å². The first kappa shape index (κ1) is 18.3. The van der Waals surface area contributed by atoms with Gasteiger partial charge in [0.05, 0.1) is 0 Å². The molecule has 2 nitrogen and oxygen atoms in total. The molecule has 1 heterocycles. The maximum Gasteiger partial charge on any atom is 0.0279 e. The zero-order valence-corrected chi connectivity index (χ0v) is 15.6. The molecule has 0 aliphatic carbocycles. The topological polar surface area (TPSA) is 15.3 Å². The van der Waals surface area contributed by atoms with Gasteiger partial charge in [-0.2, -0.15) is 11.8 Å². The van der Waals surface area contributed by atoms with E-state index in [-0.39, 0.29) is 0 Å². The van der Waals surface area contributed by atoms with Gasteiger partial charge in [0, 0.05) is 36.5 Å². The molecule has 1 aliphatic rings. The molecule has 0 aromatic heterocycles. The lowest BCUT2D eigenvalue weighted by atomic mass is 9.84. The average molecular weight is 301 g/mol. The van der Waals surface area contributed by atoms with Crippen LogP contribution in [0.3, 0.4) is 0 Å². The van der Waals surface area contributed by atoms with Gasteiger partial charge in [-0.25, -0.2) is 0 Å². The highest BCUT2D eigenvalue weighted by Gasteiger charge is 2.37. The maximum atomic E-state index is 3.78. The minimum atomic E-state index is 0.345. The molecule has 2 atom stereocenters. The average Bonchev–Trinajstić information content (AvgIpc) is 2.43. The number of piperazine rings is 1. The predicted octanol–water partition coefficient (Wildman–Crippen LogP) is 4.01. The van der Waals surface area contributed by atoms with Gasteiger partial charge in [0.25, 0.3) is 0 Å². The first-order valence-corrected chi connectivity index (χ1v) is 9.57. The third kappa shape index (κ3) is 4.38. The van der Waals surface area contributed by atoms with E-state index in [1.54, 1.807) is 0 Å². The molecule has 1 fully saturated rings. The van der Waals surface area contributed by atoms with Crippen LogP contribution in [0.5, 0.6) is 0 Å². The van der Waals surface area contributed by atoms with Gasteiger partial charge < -0.3 is 5.32 Å². The zero-order chi connectivity index (χ0) is 15.4. The molecular formula is C17H36N2S. The summed E-state index contributed by atoms with van der Waals surface area (Å²) < 4.78 is 0.438. The Hall–Kier alpha value is 0.270. The van der Waals surface area contributed by atoms with Crippen LogP contribution in [0.15, 0.2) is 0 Å². The Balaban J connectivity index is 2.81. The Morgan fingerprint density at radius 2 is 1.75 bits per heavy atom. The molecule has 1 rings (SSSR count). The van der Waals surface area contributed by atoms with Crippen molar-refractivity contribution in [3.63, 3.8) is 0 Å². The molecule has 1 N–H and O–H groups in total. The number of hydrogen-bond donors (Lipinski definition) is 1. The van der Waals surface area contributed by atoms with Gasteiger partial charge >= 0.3 is 0 Å². The van der Waals surface area contributed by atoms with Crippen molar-refractivity contribution < 1.29 is 0 Å². The minimum Gasteiger partial charge on any atom is -0.311 e. The van der Waals surface area contributed by atoms with Crippen LogP contribution in [-0.4, -0.2) is 47.6 Å². The molecular weight excluding hydrogens is 264 g/mol. The summed E-state index contributed by atoms with van der Waals surface area (Å²) in [6.45, 7) is 17.7. The molecule has 1 saturated heterocycles. The van der Waals surface area contributed by atoms with Crippen LogP contribution in [0.1, 0.15) is 60.8 Å². The van der Waals surface area contributed by atoms with E-state index in [0.29, 0.717) is 22.2 Å². The van der Waals surface area contributed by atoms with E-state index in [4.69, 9.17) is 0 Å². The molecule has 0 aromatic carbocycles. The summed E-state index contributed by atoms with van der Waals surface area (Å²) in [5.74, 6) is 0. The molecule has 1 aliphatic heterocycles. The Kier molecular flexibility index (Phi) is 6.88. The second-order valence-corrected chi connectivity index (χ2v) is 8.69. The van der Waals surface area contributed by atoms with Crippen molar-refractivity contribution in [1.29, 1.82) is 0 Å². The molecule has 0 bridgehead atoms. The first-order chi connectivity index (χ1) is 9.31. The Morgan fingerprint density at radius 3 is 2.15 bits per heavy atom. The van der Waals surface area contributed by atoms with Crippen molar-refractivity contribution in [2.24, 2.45) is 5.41 Å². The van der Waals surface area contributed by atoms with E-state index in [1.807, 2.05) is 0 Å². The fourth-order valence-electron chi connectivity index (χ4n) is 3.23. The normalized spacial score (nSPS) is 25.9. The summed E-state index contributed by atoms with van der Waals surface area (Å²) in [6, 6.07) is 1.32. The van der Waals surface area contributed by atoms with Crippen LogP contribution < -0.4 is 5.32 Å². The highest BCUT2D eigenvalue weighted by molar-refractivity contribution is 8.00. The molecule has 20 heavy (non-hydrogen) atoms. The lowest BCUT2D eigenvalue weighted by Crippen LogP contribution is -2.62. The fraction of sp³-hybridized carbons (Fsp3) is 1.00. The monoisotopic (exact) mass is 300 g/mol. The summed E-state index contributed by atoms with van der Waals surface area (Å²) in [7, 11) is 0. The third-order valence-electron chi connectivity index (χ3n) is 5.26. The van der Waals surface area contributed by atoms with E-state index in [0.717, 1.165) is 6.54 Å². The smallest absolute Gasteiger partial charge is 0.0279 e. The number of rotatable bonds is 6. The van der Waals surface area contributed by atoms with Gasteiger partial charge in [-0.15, -0.1) is 0 Å². The zero-order valence-electron chi connectivity index (χ0n) is 14.8. The number of nitrogens with one attached hydrogen (secondary N) is 1. The van der Waals surface area contributed by atoms with E-state index >= 15 is 0 Å². The molecule has 2 unspecified atom stereocenters. The quantitative estimate of drug-likeness (QED) is 0.798. The summed E-state index contributed by atoms with van der Waals surface area (Å²) in [5.41, 5.74) is 0.345. The molecule has 0 amide bonds. The molecule has 0 saturated carbocycles.